The smallest absolute Gasteiger partial charge is 0.289 e. The maximum absolute atomic E-state index is 12.2. The van der Waals surface area contributed by atoms with Gasteiger partial charge in [0.25, 0.3) is 5.91 Å². The highest BCUT2D eigenvalue weighted by molar-refractivity contribution is 6.30. The molecule has 2 N–H and O–H groups in total. The minimum Gasteiger partial charge on any atom is -0.497 e. The molecule has 3 rings (SSSR count). The molecular formula is C19H17ClN4O3. The molecule has 8 heteroatoms. The lowest BCUT2D eigenvalue weighted by Gasteiger charge is -2.06. The summed E-state index contributed by atoms with van der Waals surface area (Å²) in [4.78, 5) is 12.2. The van der Waals surface area contributed by atoms with Crippen LogP contribution in [0.5, 0.6) is 11.5 Å². The standard InChI is InChI=1S/C19H17ClN4O3/c1-26-15-7-8-18(27-2)13(9-15)11-21-24-19(25)17-10-16(22-23-17)12-3-5-14(20)6-4-12/h3-11H,1-2H3,(H,22,23)(H,24,25)/b21-11-. The van der Waals surface area contributed by atoms with Crippen LogP contribution in [0.25, 0.3) is 11.3 Å². The molecule has 0 fully saturated rings. The summed E-state index contributed by atoms with van der Waals surface area (Å²) in [5.41, 5.74) is 4.89. The second-order valence-electron chi connectivity index (χ2n) is 5.48. The van der Waals surface area contributed by atoms with E-state index >= 15 is 0 Å². The van der Waals surface area contributed by atoms with E-state index in [1.165, 1.54) is 6.21 Å². The van der Waals surface area contributed by atoms with Crippen molar-refractivity contribution in [2.24, 2.45) is 5.10 Å². The Labute approximate surface area is 161 Å². The van der Waals surface area contributed by atoms with E-state index < -0.39 is 5.91 Å². The fraction of sp³-hybridized carbons (Fsp3) is 0.105. The van der Waals surface area contributed by atoms with Gasteiger partial charge >= 0.3 is 0 Å². The number of ether oxygens (including phenoxy) is 2. The van der Waals surface area contributed by atoms with Gasteiger partial charge in [0.05, 0.1) is 26.1 Å². The molecule has 0 atom stereocenters. The van der Waals surface area contributed by atoms with Crippen LogP contribution in [-0.2, 0) is 0 Å². The molecule has 1 amide bonds. The lowest BCUT2D eigenvalue weighted by atomic mass is 10.1. The van der Waals surface area contributed by atoms with Crippen LogP contribution >= 0.6 is 11.6 Å². The van der Waals surface area contributed by atoms with Crippen molar-refractivity contribution >= 4 is 23.7 Å². The van der Waals surface area contributed by atoms with Gasteiger partial charge in [-0.2, -0.15) is 10.2 Å². The number of nitrogens with one attached hydrogen (secondary N) is 2. The summed E-state index contributed by atoms with van der Waals surface area (Å²) in [6.07, 6.45) is 1.48. The van der Waals surface area contributed by atoms with Crippen molar-refractivity contribution in [1.82, 2.24) is 15.6 Å². The van der Waals surface area contributed by atoms with E-state index in [4.69, 9.17) is 21.1 Å². The van der Waals surface area contributed by atoms with Gasteiger partial charge in [-0.05, 0) is 36.4 Å². The average molecular weight is 385 g/mol. The first-order valence-electron chi connectivity index (χ1n) is 7.97. The Kier molecular flexibility index (Phi) is 5.73. The monoisotopic (exact) mass is 384 g/mol. The van der Waals surface area contributed by atoms with Crippen LogP contribution in [0.1, 0.15) is 16.1 Å². The van der Waals surface area contributed by atoms with E-state index in [2.05, 4.69) is 20.7 Å². The van der Waals surface area contributed by atoms with Gasteiger partial charge in [-0.25, -0.2) is 5.43 Å². The molecule has 2 aromatic carbocycles. The molecule has 0 unspecified atom stereocenters. The summed E-state index contributed by atoms with van der Waals surface area (Å²) in [5, 5.41) is 11.4. The first-order chi connectivity index (χ1) is 13.1. The molecule has 1 heterocycles. The van der Waals surface area contributed by atoms with Crippen LogP contribution < -0.4 is 14.9 Å². The van der Waals surface area contributed by atoms with Gasteiger partial charge in [0.15, 0.2) is 0 Å². The molecule has 138 valence electrons. The number of nitrogens with zero attached hydrogens (tertiary/aromatic N) is 2. The summed E-state index contributed by atoms with van der Waals surface area (Å²) in [5.74, 6) is 0.853. The molecule has 0 aliphatic heterocycles. The van der Waals surface area contributed by atoms with Crippen molar-refractivity contribution < 1.29 is 14.3 Å². The number of rotatable bonds is 6. The molecule has 0 saturated carbocycles. The molecule has 0 saturated heterocycles. The van der Waals surface area contributed by atoms with Crippen molar-refractivity contribution in [2.45, 2.75) is 0 Å². The van der Waals surface area contributed by atoms with Gasteiger partial charge in [-0.1, -0.05) is 23.7 Å². The summed E-state index contributed by atoms with van der Waals surface area (Å²) in [7, 11) is 3.13. The predicted octanol–water partition coefficient (Wildman–Crippen LogP) is 3.51. The van der Waals surface area contributed by atoms with E-state index in [-0.39, 0.29) is 5.69 Å². The number of carbonyl (C=O) groups is 1. The largest absolute Gasteiger partial charge is 0.497 e. The Balaban J connectivity index is 1.69. The number of benzene rings is 2. The quantitative estimate of drug-likeness (QED) is 0.502. The van der Waals surface area contributed by atoms with Crippen LogP contribution in [0, 0.1) is 0 Å². The second kappa shape index (κ2) is 8.37. The Hall–Kier alpha value is -3.32. The molecule has 3 aromatic rings. The number of methoxy groups -OCH3 is 2. The van der Waals surface area contributed by atoms with E-state index in [9.17, 15) is 4.79 Å². The van der Waals surface area contributed by atoms with Gasteiger partial charge in [-0.15, -0.1) is 0 Å². The molecule has 1 aromatic heterocycles. The Morgan fingerprint density at radius 2 is 1.93 bits per heavy atom. The van der Waals surface area contributed by atoms with Gasteiger partial charge in [0.2, 0.25) is 0 Å². The van der Waals surface area contributed by atoms with Gasteiger partial charge in [-0.3, -0.25) is 9.89 Å². The summed E-state index contributed by atoms with van der Waals surface area (Å²) >= 11 is 5.88. The molecule has 0 spiro atoms. The minimum atomic E-state index is -0.416. The first-order valence-corrected chi connectivity index (χ1v) is 8.35. The SMILES string of the molecule is COc1ccc(OC)c(/C=N\NC(=O)c2cc(-c3ccc(Cl)cc3)n[nH]2)c1. The number of aromatic amines is 1. The van der Waals surface area contributed by atoms with E-state index in [1.54, 1.807) is 50.6 Å². The van der Waals surface area contributed by atoms with Crippen molar-refractivity contribution in [3.63, 3.8) is 0 Å². The maximum Gasteiger partial charge on any atom is 0.289 e. The molecule has 0 aliphatic carbocycles. The maximum atomic E-state index is 12.2. The van der Waals surface area contributed by atoms with E-state index in [1.807, 2.05) is 12.1 Å². The average Bonchev–Trinajstić information content (AvgIpc) is 3.18. The third kappa shape index (κ3) is 4.45. The fourth-order valence-corrected chi connectivity index (χ4v) is 2.49. The molecule has 0 bridgehead atoms. The highest BCUT2D eigenvalue weighted by Gasteiger charge is 2.10. The first kappa shape index (κ1) is 18.5. The van der Waals surface area contributed by atoms with E-state index in [0.29, 0.717) is 27.8 Å². The van der Waals surface area contributed by atoms with Gasteiger partial charge < -0.3 is 9.47 Å². The lowest BCUT2D eigenvalue weighted by molar-refractivity contribution is 0.0950. The Morgan fingerprint density at radius 3 is 2.63 bits per heavy atom. The highest BCUT2D eigenvalue weighted by atomic mass is 35.5. The number of halogens is 1. The van der Waals surface area contributed by atoms with E-state index in [0.717, 1.165) is 5.56 Å². The normalized spacial score (nSPS) is 10.8. The zero-order valence-electron chi connectivity index (χ0n) is 14.7. The molecule has 0 aliphatic rings. The number of aromatic nitrogens is 2. The topological polar surface area (TPSA) is 88.6 Å². The third-order valence-corrected chi connectivity index (χ3v) is 4.02. The van der Waals surface area contributed by atoms with Crippen LogP contribution in [0.2, 0.25) is 5.02 Å². The Morgan fingerprint density at radius 1 is 1.15 bits per heavy atom. The molecule has 27 heavy (non-hydrogen) atoms. The summed E-state index contributed by atoms with van der Waals surface area (Å²) < 4.78 is 10.4. The third-order valence-electron chi connectivity index (χ3n) is 3.77. The minimum absolute atomic E-state index is 0.287. The fourth-order valence-electron chi connectivity index (χ4n) is 2.37. The number of carbonyl (C=O) groups excluding carboxylic acids is 1. The highest BCUT2D eigenvalue weighted by Crippen LogP contribution is 2.22. The summed E-state index contributed by atoms with van der Waals surface area (Å²) in [6, 6.07) is 14.1. The number of hydrogen-bond donors (Lipinski definition) is 2. The zero-order chi connectivity index (χ0) is 19.2. The Bertz CT molecular complexity index is 967. The van der Waals surface area contributed by atoms with Crippen molar-refractivity contribution in [3.05, 3.63) is 64.8 Å². The second-order valence-corrected chi connectivity index (χ2v) is 5.92. The molecule has 7 nitrogen and oxygen atoms in total. The molecular weight excluding hydrogens is 368 g/mol. The molecule has 0 radical (unpaired) electrons. The zero-order valence-corrected chi connectivity index (χ0v) is 15.4. The summed E-state index contributed by atoms with van der Waals surface area (Å²) in [6.45, 7) is 0. The van der Waals surface area contributed by atoms with Gasteiger partial charge in [0, 0.05) is 16.1 Å². The number of H-pyrrole nitrogens is 1. The van der Waals surface area contributed by atoms with Gasteiger partial charge in [0.1, 0.15) is 17.2 Å². The number of hydrogen-bond acceptors (Lipinski definition) is 5. The van der Waals surface area contributed by atoms with Crippen molar-refractivity contribution in [1.29, 1.82) is 0 Å². The van der Waals surface area contributed by atoms with Crippen LogP contribution in [0.15, 0.2) is 53.6 Å². The van der Waals surface area contributed by atoms with Crippen LogP contribution in [0.4, 0.5) is 0 Å². The number of amides is 1. The van der Waals surface area contributed by atoms with Crippen molar-refractivity contribution in [2.75, 3.05) is 14.2 Å². The van der Waals surface area contributed by atoms with Crippen molar-refractivity contribution in [3.8, 4) is 22.8 Å². The predicted molar refractivity (Wildman–Crippen MR) is 104 cm³/mol. The van der Waals surface area contributed by atoms with Crippen LogP contribution in [0.3, 0.4) is 0 Å². The number of hydrazone groups is 1. The lowest BCUT2D eigenvalue weighted by Crippen LogP contribution is -2.18. The van der Waals surface area contributed by atoms with Crippen LogP contribution in [-0.4, -0.2) is 36.5 Å².